The summed E-state index contributed by atoms with van der Waals surface area (Å²) < 4.78 is 1.55. The Kier molecular flexibility index (Phi) is 2.93. The van der Waals surface area contributed by atoms with Gasteiger partial charge in [0.05, 0.1) is 12.1 Å². The van der Waals surface area contributed by atoms with Crippen molar-refractivity contribution < 1.29 is 9.90 Å². The minimum Gasteiger partial charge on any atom is -0.394 e. The summed E-state index contributed by atoms with van der Waals surface area (Å²) in [7, 11) is 0. The molecular weight excluding hydrogens is 258 g/mol. The number of hydrogen-bond donors (Lipinski definition) is 2. The van der Waals surface area contributed by atoms with Gasteiger partial charge in [-0.2, -0.15) is 4.98 Å². The highest BCUT2D eigenvalue weighted by Crippen LogP contribution is 2.31. The van der Waals surface area contributed by atoms with E-state index in [1.807, 2.05) is 19.9 Å². The molecule has 2 aromatic heterocycles. The fraction of sp³-hybridized carbons (Fsp3) is 0.538. The molecule has 0 unspecified atom stereocenters. The lowest BCUT2D eigenvalue weighted by Gasteiger charge is -2.40. The standard InChI is InChI=1S/C13H17N5O2/c1-8-6-9(2)18-12(14-8)15-10(17-18)11(20)16-13(7-19)4-3-5-13/h6,19H,3-5,7H2,1-2H3,(H,16,20). The first-order valence-corrected chi connectivity index (χ1v) is 6.67. The van der Waals surface area contributed by atoms with Gasteiger partial charge in [0.1, 0.15) is 0 Å². The van der Waals surface area contributed by atoms with Crippen LogP contribution in [-0.4, -0.2) is 42.7 Å². The molecule has 1 aliphatic rings. The minimum absolute atomic E-state index is 0.0531. The number of nitrogens with zero attached hydrogens (tertiary/aromatic N) is 4. The van der Waals surface area contributed by atoms with Crippen LogP contribution in [0.5, 0.6) is 0 Å². The Morgan fingerprint density at radius 1 is 1.45 bits per heavy atom. The number of amides is 1. The van der Waals surface area contributed by atoms with Crippen LogP contribution in [0.1, 0.15) is 41.3 Å². The Labute approximate surface area is 116 Å². The Balaban J connectivity index is 1.90. The smallest absolute Gasteiger partial charge is 0.291 e. The van der Waals surface area contributed by atoms with Gasteiger partial charge in [-0.15, -0.1) is 5.10 Å². The molecule has 0 bridgehead atoms. The molecule has 0 aromatic carbocycles. The van der Waals surface area contributed by atoms with E-state index >= 15 is 0 Å². The Bertz CT molecular complexity index is 669. The predicted molar refractivity (Wildman–Crippen MR) is 71.4 cm³/mol. The molecule has 106 valence electrons. The second-order valence-electron chi connectivity index (χ2n) is 5.43. The first-order chi connectivity index (χ1) is 9.53. The van der Waals surface area contributed by atoms with Gasteiger partial charge in [0, 0.05) is 11.4 Å². The molecule has 2 aromatic rings. The number of aliphatic hydroxyl groups excluding tert-OH is 1. The Morgan fingerprint density at radius 3 is 2.80 bits per heavy atom. The van der Waals surface area contributed by atoms with E-state index in [-0.39, 0.29) is 18.3 Å². The Hall–Kier alpha value is -2.02. The largest absolute Gasteiger partial charge is 0.394 e. The third-order valence-electron chi connectivity index (χ3n) is 3.81. The van der Waals surface area contributed by atoms with Crippen molar-refractivity contribution in [2.45, 2.75) is 38.6 Å². The fourth-order valence-corrected chi connectivity index (χ4v) is 2.49. The van der Waals surface area contributed by atoms with Crippen LogP contribution in [0.15, 0.2) is 6.07 Å². The van der Waals surface area contributed by atoms with Crippen LogP contribution in [0, 0.1) is 13.8 Å². The van der Waals surface area contributed by atoms with Gasteiger partial charge in [-0.05, 0) is 39.2 Å². The number of rotatable bonds is 3. The van der Waals surface area contributed by atoms with E-state index in [0.29, 0.717) is 5.78 Å². The van der Waals surface area contributed by atoms with Crippen LogP contribution < -0.4 is 5.32 Å². The molecule has 7 nitrogen and oxygen atoms in total. The van der Waals surface area contributed by atoms with E-state index in [4.69, 9.17) is 0 Å². The van der Waals surface area contributed by atoms with Crippen LogP contribution >= 0.6 is 0 Å². The average molecular weight is 275 g/mol. The van der Waals surface area contributed by atoms with Crippen LogP contribution in [0.2, 0.25) is 0 Å². The van der Waals surface area contributed by atoms with Crippen LogP contribution in [0.4, 0.5) is 0 Å². The monoisotopic (exact) mass is 275 g/mol. The quantitative estimate of drug-likeness (QED) is 0.845. The number of aromatic nitrogens is 4. The van der Waals surface area contributed by atoms with Crippen LogP contribution in [0.25, 0.3) is 5.78 Å². The lowest BCUT2D eigenvalue weighted by atomic mass is 9.77. The van der Waals surface area contributed by atoms with Gasteiger partial charge in [0.2, 0.25) is 5.82 Å². The normalized spacial score (nSPS) is 16.9. The first-order valence-electron chi connectivity index (χ1n) is 6.67. The summed E-state index contributed by atoms with van der Waals surface area (Å²) in [6.45, 7) is 3.71. The molecule has 7 heteroatoms. The topological polar surface area (TPSA) is 92.4 Å². The second-order valence-corrected chi connectivity index (χ2v) is 5.43. The van der Waals surface area contributed by atoms with Crippen molar-refractivity contribution in [2.75, 3.05) is 6.61 Å². The van der Waals surface area contributed by atoms with Crippen molar-refractivity contribution in [3.63, 3.8) is 0 Å². The van der Waals surface area contributed by atoms with Crippen molar-refractivity contribution in [3.8, 4) is 0 Å². The molecule has 1 aliphatic carbocycles. The number of carbonyl (C=O) groups is 1. The number of carbonyl (C=O) groups excluding carboxylic acids is 1. The van der Waals surface area contributed by atoms with E-state index in [9.17, 15) is 9.90 Å². The summed E-state index contributed by atoms with van der Waals surface area (Å²) in [6, 6.07) is 1.88. The Morgan fingerprint density at radius 2 is 2.20 bits per heavy atom. The molecule has 2 N–H and O–H groups in total. The van der Waals surface area contributed by atoms with E-state index in [2.05, 4.69) is 20.4 Å². The van der Waals surface area contributed by atoms with Gasteiger partial charge in [-0.1, -0.05) is 0 Å². The van der Waals surface area contributed by atoms with E-state index in [1.165, 1.54) is 0 Å². The zero-order valence-electron chi connectivity index (χ0n) is 11.6. The molecule has 1 saturated carbocycles. The number of aliphatic hydroxyl groups is 1. The maximum atomic E-state index is 12.2. The summed E-state index contributed by atoms with van der Waals surface area (Å²) in [5, 5.41) is 16.4. The molecule has 3 rings (SSSR count). The predicted octanol–water partition coefficient (Wildman–Crippen LogP) is 0.386. The fourth-order valence-electron chi connectivity index (χ4n) is 2.49. The highest BCUT2D eigenvalue weighted by molar-refractivity contribution is 5.91. The average Bonchev–Trinajstić information content (AvgIpc) is 2.77. The van der Waals surface area contributed by atoms with E-state index < -0.39 is 5.54 Å². The third kappa shape index (κ3) is 2.03. The molecule has 0 spiro atoms. The van der Waals surface area contributed by atoms with Gasteiger partial charge in [0.25, 0.3) is 11.7 Å². The molecule has 20 heavy (non-hydrogen) atoms. The first kappa shape index (κ1) is 13.0. The molecule has 0 atom stereocenters. The highest BCUT2D eigenvalue weighted by Gasteiger charge is 2.38. The molecule has 0 aliphatic heterocycles. The highest BCUT2D eigenvalue weighted by atomic mass is 16.3. The van der Waals surface area contributed by atoms with Crippen molar-refractivity contribution in [1.29, 1.82) is 0 Å². The van der Waals surface area contributed by atoms with Crippen molar-refractivity contribution in [3.05, 3.63) is 23.3 Å². The second kappa shape index (κ2) is 4.52. The van der Waals surface area contributed by atoms with E-state index in [1.54, 1.807) is 4.52 Å². The number of nitrogens with one attached hydrogen (secondary N) is 1. The molecule has 1 amide bonds. The van der Waals surface area contributed by atoms with Crippen molar-refractivity contribution in [2.24, 2.45) is 0 Å². The zero-order valence-corrected chi connectivity index (χ0v) is 11.6. The lowest BCUT2D eigenvalue weighted by Crippen LogP contribution is -2.56. The van der Waals surface area contributed by atoms with Gasteiger partial charge >= 0.3 is 0 Å². The van der Waals surface area contributed by atoms with Gasteiger partial charge in [-0.25, -0.2) is 9.50 Å². The summed E-state index contributed by atoms with van der Waals surface area (Å²) in [6.07, 6.45) is 2.59. The summed E-state index contributed by atoms with van der Waals surface area (Å²) >= 11 is 0. The maximum Gasteiger partial charge on any atom is 0.291 e. The minimum atomic E-state index is -0.493. The van der Waals surface area contributed by atoms with Crippen LogP contribution in [-0.2, 0) is 0 Å². The summed E-state index contributed by atoms with van der Waals surface area (Å²) in [4.78, 5) is 20.6. The molecular formula is C13H17N5O2. The molecule has 2 heterocycles. The van der Waals surface area contributed by atoms with Crippen LogP contribution in [0.3, 0.4) is 0 Å². The third-order valence-corrected chi connectivity index (χ3v) is 3.81. The molecule has 0 saturated heterocycles. The molecule has 0 radical (unpaired) electrons. The van der Waals surface area contributed by atoms with Crippen molar-refractivity contribution in [1.82, 2.24) is 24.9 Å². The number of aryl methyl sites for hydroxylation is 2. The molecule has 1 fully saturated rings. The van der Waals surface area contributed by atoms with Gasteiger partial charge in [-0.3, -0.25) is 4.79 Å². The van der Waals surface area contributed by atoms with E-state index in [0.717, 1.165) is 30.7 Å². The van der Waals surface area contributed by atoms with Gasteiger partial charge in [0.15, 0.2) is 0 Å². The number of hydrogen-bond acceptors (Lipinski definition) is 5. The van der Waals surface area contributed by atoms with Crippen molar-refractivity contribution >= 4 is 11.7 Å². The zero-order chi connectivity index (χ0) is 14.3. The SMILES string of the molecule is Cc1cc(C)n2nc(C(=O)NC3(CO)CCC3)nc2n1. The maximum absolute atomic E-state index is 12.2. The summed E-state index contributed by atoms with van der Waals surface area (Å²) in [5.74, 6) is 0.145. The van der Waals surface area contributed by atoms with Gasteiger partial charge < -0.3 is 10.4 Å². The lowest BCUT2D eigenvalue weighted by molar-refractivity contribution is 0.0633. The number of fused-ring (bicyclic) bond motifs is 1. The summed E-state index contributed by atoms with van der Waals surface area (Å²) in [5.41, 5.74) is 1.21.